The van der Waals surface area contributed by atoms with Gasteiger partial charge in [-0.15, -0.1) is 0 Å². The highest BCUT2D eigenvalue weighted by Crippen LogP contribution is 2.38. The molecule has 1 aromatic rings. The van der Waals surface area contributed by atoms with Crippen LogP contribution in [-0.2, 0) is 8.85 Å². The first kappa shape index (κ1) is 9.64. The van der Waals surface area contributed by atoms with Crippen LogP contribution in [0.3, 0.4) is 0 Å². The Labute approximate surface area is 85.4 Å². The van der Waals surface area contributed by atoms with Gasteiger partial charge >= 0.3 is 8.56 Å². The molecule has 1 aliphatic rings. The zero-order chi connectivity index (χ0) is 10.2. The van der Waals surface area contributed by atoms with Gasteiger partial charge < -0.3 is 8.85 Å². The van der Waals surface area contributed by atoms with Crippen molar-refractivity contribution in [1.82, 2.24) is 0 Å². The maximum atomic E-state index is 5.50. The maximum Gasteiger partial charge on any atom is 0.369 e. The number of hydrogen-bond acceptors (Lipinski definition) is 2. The fourth-order valence-corrected chi connectivity index (χ4v) is 3.44. The van der Waals surface area contributed by atoms with Crippen molar-refractivity contribution in [2.45, 2.75) is 6.55 Å². The molecule has 1 aromatic carbocycles. The van der Waals surface area contributed by atoms with Crippen LogP contribution in [0.4, 0.5) is 0 Å². The van der Waals surface area contributed by atoms with Gasteiger partial charge in [-0.1, -0.05) is 24.3 Å². The summed E-state index contributed by atoms with van der Waals surface area (Å²) >= 11 is 0. The van der Waals surface area contributed by atoms with Gasteiger partial charge in [0.2, 0.25) is 0 Å². The lowest BCUT2D eigenvalue weighted by Crippen LogP contribution is -2.40. The zero-order valence-corrected chi connectivity index (χ0v) is 9.70. The third-order valence-corrected chi connectivity index (χ3v) is 5.77. The molecule has 0 bridgehead atoms. The van der Waals surface area contributed by atoms with Crippen LogP contribution in [0.1, 0.15) is 11.1 Å². The Morgan fingerprint density at radius 3 is 2.29 bits per heavy atom. The molecule has 0 aromatic heterocycles. The SMILES string of the molecule is CO[Si](C)(OC)C1=Cc2ccccc21. The molecule has 0 aliphatic heterocycles. The van der Waals surface area contributed by atoms with E-state index >= 15 is 0 Å². The Morgan fingerprint density at radius 2 is 1.71 bits per heavy atom. The Kier molecular flexibility index (Phi) is 2.31. The lowest BCUT2D eigenvalue weighted by molar-refractivity contribution is 0.266. The van der Waals surface area contributed by atoms with Crippen LogP contribution in [0.15, 0.2) is 24.3 Å². The lowest BCUT2D eigenvalue weighted by atomic mass is 9.98. The van der Waals surface area contributed by atoms with Crippen molar-refractivity contribution in [3.05, 3.63) is 35.4 Å². The molecule has 0 fully saturated rings. The second-order valence-corrected chi connectivity index (χ2v) is 6.75. The minimum Gasteiger partial charge on any atom is -0.394 e. The summed E-state index contributed by atoms with van der Waals surface area (Å²) in [7, 11) is 1.34. The quantitative estimate of drug-likeness (QED) is 0.707. The van der Waals surface area contributed by atoms with Crippen molar-refractivity contribution in [3.63, 3.8) is 0 Å². The third kappa shape index (κ3) is 1.25. The molecule has 0 unspecified atom stereocenters. The van der Waals surface area contributed by atoms with E-state index < -0.39 is 8.56 Å². The van der Waals surface area contributed by atoms with Crippen molar-refractivity contribution in [2.75, 3.05) is 14.2 Å². The van der Waals surface area contributed by atoms with E-state index in [4.69, 9.17) is 8.85 Å². The van der Waals surface area contributed by atoms with Crippen molar-refractivity contribution < 1.29 is 8.85 Å². The monoisotopic (exact) mass is 206 g/mol. The van der Waals surface area contributed by atoms with Crippen LogP contribution < -0.4 is 0 Å². The van der Waals surface area contributed by atoms with E-state index in [1.165, 1.54) is 16.3 Å². The normalized spacial score (nSPS) is 14.4. The van der Waals surface area contributed by atoms with E-state index in [-0.39, 0.29) is 0 Å². The molecule has 0 amide bonds. The maximum absolute atomic E-state index is 5.50. The Morgan fingerprint density at radius 1 is 1.07 bits per heavy atom. The topological polar surface area (TPSA) is 18.5 Å². The van der Waals surface area contributed by atoms with Gasteiger partial charge in [-0.25, -0.2) is 0 Å². The minimum absolute atomic E-state index is 1.25. The predicted octanol–water partition coefficient (Wildman–Crippen LogP) is 2.44. The van der Waals surface area contributed by atoms with Crippen LogP contribution in [0.2, 0.25) is 6.55 Å². The Bertz CT molecular complexity index is 381. The van der Waals surface area contributed by atoms with Crippen LogP contribution in [0, 0.1) is 0 Å². The molecular weight excluding hydrogens is 192 g/mol. The molecule has 0 heterocycles. The molecule has 0 atom stereocenters. The largest absolute Gasteiger partial charge is 0.394 e. The van der Waals surface area contributed by atoms with Gasteiger partial charge in [-0.05, 0) is 23.7 Å². The Balaban J connectivity index is 2.34. The van der Waals surface area contributed by atoms with Crippen molar-refractivity contribution in [2.24, 2.45) is 0 Å². The van der Waals surface area contributed by atoms with Gasteiger partial charge in [0.05, 0.1) is 0 Å². The molecule has 1 aliphatic carbocycles. The van der Waals surface area contributed by atoms with Gasteiger partial charge in [0.25, 0.3) is 0 Å². The zero-order valence-electron chi connectivity index (χ0n) is 8.70. The standard InChI is InChI=1S/C11H14O2Si/c1-12-14(3,13-2)11-8-9-6-4-5-7-10(9)11/h4-8H,1-3H3. The lowest BCUT2D eigenvalue weighted by Gasteiger charge is -2.31. The summed E-state index contributed by atoms with van der Waals surface area (Å²) in [4.78, 5) is 0. The number of hydrogen-bond donors (Lipinski definition) is 0. The van der Waals surface area contributed by atoms with E-state index in [1.807, 2.05) is 12.1 Å². The third-order valence-electron chi connectivity index (χ3n) is 2.82. The van der Waals surface area contributed by atoms with Crippen molar-refractivity contribution >= 4 is 19.8 Å². The van der Waals surface area contributed by atoms with Gasteiger partial charge in [-0.2, -0.15) is 0 Å². The van der Waals surface area contributed by atoms with E-state index in [0.717, 1.165) is 0 Å². The van der Waals surface area contributed by atoms with Crippen molar-refractivity contribution in [3.8, 4) is 0 Å². The summed E-state index contributed by atoms with van der Waals surface area (Å²) in [6.07, 6.45) is 2.16. The van der Waals surface area contributed by atoms with Crippen LogP contribution >= 0.6 is 0 Å². The summed E-state index contributed by atoms with van der Waals surface area (Å²) in [5.74, 6) is 0. The summed E-state index contributed by atoms with van der Waals surface area (Å²) in [5.41, 5.74) is 2.57. The fraction of sp³-hybridized carbons (Fsp3) is 0.273. The molecule has 74 valence electrons. The van der Waals surface area contributed by atoms with Gasteiger partial charge in [0.1, 0.15) is 0 Å². The second-order valence-electron chi connectivity index (χ2n) is 3.50. The summed E-state index contributed by atoms with van der Waals surface area (Å²) < 4.78 is 11.0. The highest BCUT2D eigenvalue weighted by Gasteiger charge is 2.39. The first-order valence-electron chi connectivity index (χ1n) is 4.63. The van der Waals surface area contributed by atoms with E-state index in [1.54, 1.807) is 14.2 Å². The Hall–Kier alpha value is -0.903. The number of fused-ring (bicyclic) bond motifs is 1. The summed E-state index contributed by atoms with van der Waals surface area (Å²) in [6.45, 7) is 2.06. The van der Waals surface area contributed by atoms with Crippen LogP contribution in [0.25, 0.3) is 11.3 Å². The molecule has 0 N–H and O–H groups in total. The second kappa shape index (κ2) is 3.35. The molecule has 0 radical (unpaired) electrons. The van der Waals surface area contributed by atoms with E-state index in [0.29, 0.717) is 0 Å². The highest BCUT2D eigenvalue weighted by atomic mass is 28.4. The van der Waals surface area contributed by atoms with Gasteiger partial charge in [-0.3, -0.25) is 0 Å². The smallest absolute Gasteiger partial charge is 0.369 e. The van der Waals surface area contributed by atoms with Crippen molar-refractivity contribution in [1.29, 1.82) is 0 Å². The first-order chi connectivity index (χ1) is 6.71. The molecule has 2 rings (SSSR count). The molecule has 0 saturated carbocycles. The van der Waals surface area contributed by atoms with Gasteiger partial charge in [0.15, 0.2) is 0 Å². The molecular formula is C11H14O2Si. The number of benzene rings is 1. The summed E-state index contributed by atoms with van der Waals surface area (Å²) in [5, 5.41) is 1.25. The minimum atomic E-state index is -2.10. The molecule has 2 nitrogen and oxygen atoms in total. The first-order valence-corrected chi connectivity index (χ1v) is 6.95. The molecule has 3 heteroatoms. The highest BCUT2D eigenvalue weighted by molar-refractivity contribution is 6.87. The molecule has 14 heavy (non-hydrogen) atoms. The van der Waals surface area contributed by atoms with Crippen LogP contribution in [-0.4, -0.2) is 22.8 Å². The van der Waals surface area contributed by atoms with E-state index in [9.17, 15) is 0 Å². The van der Waals surface area contributed by atoms with Crippen LogP contribution in [0.5, 0.6) is 0 Å². The predicted molar refractivity (Wildman–Crippen MR) is 59.9 cm³/mol. The molecule has 0 spiro atoms. The average Bonchev–Trinajstić information content (AvgIpc) is 2.19. The van der Waals surface area contributed by atoms with E-state index in [2.05, 4.69) is 24.8 Å². The molecule has 0 saturated heterocycles. The number of rotatable bonds is 3. The average molecular weight is 206 g/mol. The fourth-order valence-electron chi connectivity index (χ4n) is 1.70. The van der Waals surface area contributed by atoms with Gasteiger partial charge in [0, 0.05) is 19.4 Å². The summed E-state index contributed by atoms with van der Waals surface area (Å²) in [6, 6.07) is 8.32.